The summed E-state index contributed by atoms with van der Waals surface area (Å²) in [6.07, 6.45) is 6.63. The zero-order valence-electron chi connectivity index (χ0n) is 16.3. The molecule has 29 heavy (non-hydrogen) atoms. The highest BCUT2D eigenvalue weighted by Crippen LogP contribution is 2.32. The van der Waals surface area contributed by atoms with E-state index in [1.807, 2.05) is 24.4 Å². The number of hydrogen-bond donors (Lipinski definition) is 2. The average molecular weight is 389 g/mol. The number of imidazole rings is 1. The summed E-state index contributed by atoms with van der Waals surface area (Å²) in [6, 6.07) is 10.3. The SMILES string of the molecule is COc1nc2[nH]cnc2c(Cc2ccccc2)c1-n1cc(C2CCCNC2)nn1. The van der Waals surface area contributed by atoms with Gasteiger partial charge in [0.25, 0.3) is 0 Å². The lowest BCUT2D eigenvalue weighted by atomic mass is 9.97. The summed E-state index contributed by atoms with van der Waals surface area (Å²) in [5.41, 5.74) is 5.50. The van der Waals surface area contributed by atoms with Gasteiger partial charge in [0.05, 0.1) is 25.3 Å². The Kier molecular flexibility index (Phi) is 4.69. The van der Waals surface area contributed by atoms with Crippen molar-refractivity contribution < 1.29 is 4.74 Å². The molecule has 1 unspecified atom stereocenters. The van der Waals surface area contributed by atoms with E-state index in [9.17, 15) is 0 Å². The van der Waals surface area contributed by atoms with Crippen LogP contribution < -0.4 is 10.1 Å². The van der Waals surface area contributed by atoms with Crippen LogP contribution in [0.25, 0.3) is 16.9 Å². The maximum atomic E-state index is 5.65. The van der Waals surface area contributed by atoms with Gasteiger partial charge in [-0.3, -0.25) is 0 Å². The molecule has 1 aliphatic heterocycles. The Morgan fingerprint density at radius 2 is 2.14 bits per heavy atom. The van der Waals surface area contributed by atoms with Gasteiger partial charge < -0.3 is 15.0 Å². The molecule has 2 N–H and O–H groups in total. The molecule has 0 amide bonds. The lowest BCUT2D eigenvalue weighted by Gasteiger charge is -2.20. The van der Waals surface area contributed by atoms with E-state index in [0.717, 1.165) is 48.4 Å². The van der Waals surface area contributed by atoms with Crippen molar-refractivity contribution >= 4 is 11.2 Å². The van der Waals surface area contributed by atoms with E-state index in [1.54, 1.807) is 18.1 Å². The smallest absolute Gasteiger partial charge is 0.242 e. The minimum Gasteiger partial charge on any atom is -0.479 e. The van der Waals surface area contributed by atoms with Gasteiger partial charge in [-0.05, 0) is 24.9 Å². The molecule has 4 heterocycles. The first kappa shape index (κ1) is 17.8. The summed E-state index contributed by atoms with van der Waals surface area (Å²) in [5.74, 6) is 0.883. The number of ether oxygens (including phenoxy) is 1. The molecular formula is C21H23N7O. The Morgan fingerprint density at radius 3 is 2.93 bits per heavy atom. The summed E-state index contributed by atoms with van der Waals surface area (Å²) in [7, 11) is 1.63. The number of methoxy groups -OCH3 is 1. The van der Waals surface area contributed by atoms with Crippen LogP contribution in [0.2, 0.25) is 0 Å². The number of hydrogen-bond acceptors (Lipinski definition) is 6. The molecule has 4 aromatic rings. The van der Waals surface area contributed by atoms with E-state index in [2.05, 4.69) is 42.7 Å². The van der Waals surface area contributed by atoms with E-state index in [1.165, 1.54) is 5.56 Å². The Morgan fingerprint density at radius 1 is 1.24 bits per heavy atom. The second kappa shape index (κ2) is 7.63. The standard InChI is InChI=1S/C21H23N7O/c1-29-21-19(28-12-17(26-27-28)15-8-5-9-22-11-15)16(10-14-6-3-2-4-7-14)18-20(25-21)24-13-23-18/h2-4,6-7,12-13,15,22H,5,8-11H2,1H3,(H,23,24,25). The third-order valence-corrected chi connectivity index (χ3v) is 5.48. The van der Waals surface area contributed by atoms with Crippen molar-refractivity contribution in [1.82, 2.24) is 35.3 Å². The number of benzene rings is 1. The highest BCUT2D eigenvalue weighted by molar-refractivity contribution is 5.80. The van der Waals surface area contributed by atoms with Gasteiger partial charge in [0.1, 0.15) is 11.2 Å². The number of rotatable bonds is 5. The fraction of sp³-hybridized carbons (Fsp3) is 0.333. The molecule has 1 aliphatic rings. The van der Waals surface area contributed by atoms with Crippen LogP contribution in [0.15, 0.2) is 42.9 Å². The average Bonchev–Trinajstić information content (AvgIpc) is 3.44. The van der Waals surface area contributed by atoms with Gasteiger partial charge in [0, 0.05) is 24.4 Å². The lowest BCUT2D eigenvalue weighted by Crippen LogP contribution is -2.28. The second-order valence-corrected chi connectivity index (χ2v) is 7.34. The van der Waals surface area contributed by atoms with Crippen LogP contribution in [0.5, 0.6) is 5.88 Å². The van der Waals surface area contributed by atoms with Gasteiger partial charge in [-0.1, -0.05) is 35.5 Å². The van der Waals surface area contributed by atoms with Crippen molar-refractivity contribution in [2.45, 2.75) is 25.2 Å². The predicted molar refractivity (Wildman–Crippen MR) is 109 cm³/mol. The van der Waals surface area contributed by atoms with Crippen LogP contribution >= 0.6 is 0 Å². The number of H-pyrrole nitrogens is 1. The molecule has 8 nitrogen and oxygen atoms in total. The summed E-state index contributed by atoms with van der Waals surface area (Å²) in [6.45, 7) is 2.00. The first-order chi connectivity index (χ1) is 14.3. The minimum absolute atomic E-state index is 0.378. The third kappa shape index (κ3) is 3.36. The lowest BCUT2D eigenvalue weighted by molar-refractivity contribution is 0.395. The molecule has 8 heteroatoms. The molecule has 1 saturated heterocycles. The fourth-order valence-corrected chi connectivity index (χ4v) is 4.01. The molecule has 0 spiro atoms. The first-order valence-corrected chi connectivity index (χ1v) is 9.90. The summed E-state index contributed by atoms with van der Waals surface area (Å²) < 4.78 is 7.44. The minimum atomic E-state index is 0.378. The van der Waals surface area contributed by atoms with Gasteiger partial charge >= 0.3 is 0 Å². The van der Waals surface area contributed by atoms with E-state index in [0.29, 0.717) is 23.9 Å². The topological polar surface area (TPSA) is 93.5 Å². The molecule has 148 valence electrons. The Hall–Kier alpha value is -3.26. The van der Waals surface area contributed by atoms with Crippen molar-refractivity contribution in [3.05, 3.63) is 59.7 Å². The van der Waals surface area contributed by atoms with Crippen LogP contribution in [0.4, 0.5) is 0 Å². The Bertz CT molecular complexity index is 1110. The number of fused-ring (bicyclic) bond motifs is 1. The van der Waals surface area contributed by atoms with Crippen molar-refractivity contribution in [1.29, 1.82) is 0 Å². The van der Waals surface area contributed by atoms with E-state index < -0.39 is 0 Å². The molecule has 1 atom stereocenters. The van der Waals surface area contributed by atoms with Gasteiger partial charge in [0.15, 0.2) is 5.65 Å². The van der Waals surface area contributed by atoms with E-state index >= 15 is 0 Å². The number of nitrogens with one attached hydrogen (secondary N) is 2. The normalized spacial score (nSPS) is 16.9. The molecule has 0 bridgehead atoms. The molecule has 3 aromatic heterocycles. The molecular weight excluding hydrogens is 366 g/mol. The number of aromatic nitrogens is 6. The van der Waals surface area contributed by atoms with Crippen LogP contribution in [0, 0.1) is 0 Å². The third-order valence-electron chi connectivity index (χ3n) is 5.48. The first-order valence-electron chi connectivity index (χ1n) is 9.90. The van der Waals surface area contributed by atoms with Crippen LogP contribution in [-0.2, 0) is 6.42 Å². The number of aromatic amines is 1. The summed E-state index contributed by atoms with van der Waals surface area (Å²) in [4.78, 5) is 12.2. The monoisotopic (exact) mass is 389 g/mol. The molecule has 1 fully saturated rings. The van der Waals surface area contributed by atoms with Gasteiger partial charge in [-0.2, -0.15) is 4.98 Å². The van der Waals surface area contributed by atoms with E-state index in [4.69, 9.17) is 4.74 Å². The maximum absolute atomic E-state index is 5.65. The van der Waals surface area contributed by atoms with Crippen molar-refractivity contribution in [2.24, 2.45) is 0 Å². The highest BCUT2D eigenvalue weighted by Gasteiger charge is 2.23. The molecule has 5 rings (SSSR count). The van der Waals surface area contributed by atoms with Gasteiger partial charge in [0.2, 0.25) is 5.88 Å². The zero-order chi connectivity index (χ0) is 19.6. The second-order valence-electron chi connectivity index (χ2n) is 7.34. The van der Waals surface area contributed by atoms with Crippen LogP contribution in [0.1, 0.15) is 35.6 Å². The van der Waals surface area contributed by atoms with Crippen molar-refractivity contribution in [2.75, 3.05) is 20.2 Å². The van der Waals surface area contributed by atoms with Crippen LogP contribution in [-0.4, -0.2) is 50.1 Å². The quantitative estimate of drug-likeness (QED) is 0.545. The Labute approximate surface area is 168 Å². The highest BCUT2D eigenvalue weighted by atomic mass is 16.5. The maximum Gasteiger partial charge on any atom is 0.242 e. The van der Waals surface area contributed by atoms with E-state index in [-0.39, 0.29) is 0 Å². The number of nitrogens with zero attached hydrogens (tertiary/aromatic N) is 5. The van der Waals surface area contributed by atoms with Crippen molar-refractivity contribution in [3.8, 4) is 11.6 Å². The summed E-state index contributed by atoms with van der Waals surface area (Å²) >= 11 is 0. The molecule has 0 saturated carbocycles. The number of piperidine rings is 1. The summed E-state index contributed by atoms with van der Waals surface area (Å²) in [5, 5.41) is 12.4. The predicted octanol–water partition coefficient (Wildman–Crippen LogP) is 2.61. The zero-order valence-corrected chi connectivity index (χ0v) is 16.3. The van der Waals surface area contributed by atoms with Gasteiger partial charge in [-0.25, -0.2) is 9.67 Å². The largest absolute Gasteiger partial charge is 0.479 e. The van der Waals surface area contributed by atoms with Gasteiger partial charge in [-0.15, -0.1) is 5.10 Å². The Balaban J connectivity index is 1.64. The molecule has 1 aromatic carbocycles. The fourth-order valence-electron chi connectivity index (χ4n) is 4.01. The van der Waals surface area contributed by atoms with Crippen LogP contribution in [0.3, 0.4) is 0 Å². The molecule has 0 radical (unpaired) electrons. The molecule has 0 aliphatic carbocycles. The number of pyridine rings is 1. The van der Waals surface area contributed by atoms with Crippen molar-refractivity contribution in [3.63, 3.8) is 0 Å².